The highest BCUT2D eigenvalue weighted by atomic mass is 19.4. The van der Waals surface area contributed by atoms with E-state index < -0.39 is 41.7 Å². The van der Waals surface area contributed by atoms with Gasteiger partial charge in [-0.2, -0.15) is 0 Å². The van der Waals surface area contributed by atoms with E-state index in [-0.39, 0.29) is 12.1 Å². The Kier molecular flexibility index (Phi) is 5.50. The number of methoxy groups -OCH3 is 1. The smallest absolute Gasteiger partial charge is 0.465 e. The van der Waals surface area contributed by atoms with Crippen molar-refractivity contribution in [2.24, 2.45) is 0 Å². The predicted octanol–water partition coefficient (Wildman–Crippen LogP) is 3.92. The summed E-state index contributed by atoms with van der Waals surface area (Å²) in [6, 6.07) is 2.61. The monoisotopic (exact) mass is 420 g/mol. The first kappa shape index (κ1) is 21.0. The maximum atomic E-state index is 13.8. The minimum atomic E-state index is -5.07. The van der Waals surface area contributed by atoms with Gasteiger partial charge in [-0.15, -0.1) is 13.2 Å². The molecule has 0 radical (unpaired) electrons. The summed E-state index contributed by atoms with van der Waals surface area (Å²) >= 11 is 0. The molecule has 0 spiro atoms. The summed E-state index contributed by atoms with van der Waals surface area (Å²) < 4.78 is 60.1. The third-order valence-corrected chi connectivity index (χ3v) is 5.35. The molecule has 29 heavy (non-hydrogen) atoms. The van der Waals surface area contributed by atoms with E-state index >= 15 is 0 Å². The van der Waals surface area contributed by atoms with Crippen LogP contribution in [0.2, 0.25) is 0 Å². The maximum absolute atomic E-state index is 13.8. The summed E-state index contributed by atoms with van der Waals surface area (Å²) in [6.45, 7) is 0.355. The van der Waals surface area contributed by atoms with Gasteiger partial charge >= 0.3 is 18.5 Å². The molecule has 0 aromatic heterocycles. The van der Waals surface area contributed by atoms with Crippen molar-refractivity contribution in [1.82, 2.24) is 9.80 Å². The van der Waals surface area contributed by atoms with Gasteiger partial charge in [0, 0.05) is 13.1 Å². The second-order valence-electron chi connectivity index (χ2n) is 7.08. The number of nitrogens with zero attached hydrogens (tertiary/aromatic N) is 2. The molecule has 1 aliphatic carbocycles. The fourth-order valence-corrected chi connectivity index (χ4v) is 3.85. The number of carbonyl (C=O) groups excluding carboxylic acids is 1. The molecular formula is C18H20F4N2O5. The van der Waals surface area contributed by atoms with E-state index in [1.54, 1.807) is 0 Å². The van der Waals surface area contributed by atoms with Gasteiger partial charge in [0.2, 0.25) is 0 Å². The van der Waals surface area contributed by atoms with Gasteiger partial charge in [0.25, 0.3) is 0 Å². The number of benzene rings is 1. The number of likely N-dealkylation sites (tertiary alicyclic amines) is 1. The van der Waals surface area contributed by atoms with E-state index in [1.807, 2.05) is 0 Å². The van der Waals surface area contributed by atoms with Crippen molar-refractivity contribution in [2.75, 3.05) is 20.2 Å². The van der Waals surface area contributed by atoms with E-state index in [9.17, 15) is 32.3 Å². The van der Waals surface area contributed by atoms with Gasteiger partial charge in [-0.3, -0.25) is 4.90 Å². The van der Waals surface area contributed by atoms with Crippen molar-refractivity contribution in [2.45, 2.75) is 43.6 Å². The zero-order chi connectivity index (χ0) is 21.4. The average Bonchev–Trinajstić information content (AvgIpc) is 3.30. The number of hydrogen-bond donors (Lipinski definition) is 1. The standard InChI is InChI=1S/C18H20F4N2O5/c1-28-16(27)24(10-12-3-2-8-23(12)15(25)26)17(6-7-17)11-4-5-13(19)14(9-11)29-18(20,21)22/h4-5,9,12H,2-3,6-8,10H2,1H3,(H,25,26)/t12-/m1/s1. The zero-order valence-electron chi connectivity index (χ0n) is 15.5. The lowest BCUT2D eigenvalue weighted by Gasteiger charge is -2.35. The summed E-state index contributed by atoms with van der Waals surface area (Å²) in [5.74, 6) is -2.17. The van der Waals surface area contributed by atoms with Crippen LogP contribution in [0.5, 0.6) is 5.75 Å². The third kappa shape index (κ3) is 4.33. The highest BCUT2D eigenvalue weighted by molar-refractivity contribution is 5.70. The summed E-state index contributed by atoms with van der Waals surface area (Å²) in [7, 11) is 1.16. The van der Waals surface area contributed by atoms with E-state index in [0.29, 0.717) is 32.2 Å². The summed E-state index contributed by atoms with van der Waals surface area (Å²) in [6.07, 6.45) is -4.89. The molecule has 0 unspecified atom stereocenters. The number of carboxylic acid groups (broad SMARTS) is 1. The fraction of sp³-hybridized carbons (Fsp3) is 0.556. The Balaban J connectivity index is 1.91. The van der Waals surface area contributed by atoms with Crippen molar-refractivity contribution >= 4 is 12.2 Å². The highest BCUT2D eigenvalue weighted by Crippen LogP contribution is 2.52. The van der Waals surface area contributed by atoms with E-state index in [0.717, 1.165) is 19.2 Å². The lowest BCUT2D eigenvalue weighted by atomic mass is 10.0. The molecule has 2 amide bonds. The molecule has 2 aliphatic rings. The van der Waals surface area contributed by atoms with Gasteiger partial charge < -0.3 is 19.5 Å². The van der Waals surface area contributed by atoms with Crippen LogP contribution in [0.4, 0.5) is 27.2 Å². The van der Waals surface area contributed by atoms with E-state index in [1.165, 1.54) is 15.9 Å². The van der Waals surface area contributed by atoms with Crippen LogP contribution in [0.3, 0.4) is 0 Å². The Bertz CT molecular complexity index is 797. The molecule has 1 saturated heterocycles. The predicted molar refractivity (Wildman–Crippen MR) is 90.9 cm³/mol. The number of halogens is 4. The SMILES string of the molecule is COC(=O)N(C[C@H]1CCCN1C(=O)O)C1(c2ccc(F)c(OC(F)(F)F)c2)CC1. The Hall–Kier alpha value is -2.72. The van der Waals surface area contributed by atoms with Crippen LogP contribution in [0.1, 0.15) is 31.2 Å². The molecule has 2 fully saturated rings. The topological polar surface area (TPSA) is 79.3 Å². The van der Waals surface area contributed by atoms with E-state index in [2.05, 4.69) is 4.74 Å². The van der Waals surface area contributed by atoms with Gasteiger partial charge in [0.1, 0.15) is 0 Å². The van der Waals surface area contributed by atoms with Gasteiger partial charge in [0.15, 0.2) is 11.6 Å². The van der Waals surface area contributed by atoms with Crippen molar-refractivity contribution in [3.63, 3.8) is 0 Å². The molecule has 1 saturated carbocycles. The second kappa shape index (κ2) is 7.60. The number of carbonyl (C=O) groups is 2. The van der Waals surface area contributed by atoms with Crippen LogP contribution in [0, 0.1) is 5.82 Å². The minimum Gasteiger partial charge on any atom is -0.465 e. The third-order valence-electron chi connectivity index (χ3n) is 5.35. The first-order valence-electron chi connectivity index (χ1n) is 8.98. The molecule has 0 bridgehead atoms. The number of amides is 2. The number of ether oxygens (including phenoxy) is 2. The zero-order valence-corrected chi connectivity index (χ0v) is 15.5. The average molecular weight is 420 g/mol. The summed E-state index contributed by atoms with van der Waals surface area (Å²) in [5.41, 5.74) is -0.736. The van der Waals surface area contributed by atoms with Crippen LogP contribution in [-0.2, 0) is 10.3 Å². The Labute approximate surface area is 163 Å². The summed E-state index contributed by atoms with van der Waals surface area (Å²) in [4.78, 5) is 26.4. The van der Waals surface area contributed by atoms with Crippen LogP contribution in [0.15, 0.2) is 18.2 Å². The molecule has 7 nitrogen and oxygen atoms in total. The van der Waals surface area contributed by atoms with Crippen molar-refractivity contribution in [3.8, 4) is 5.75 Å². The van der Waals surface area contributed by atoms with Crippen LogP contribution < -0.4 is 4.74 Å². The van der Waals surface area contributed by atoms with Gasteiger partial charge in [-0.05, 0) is 43.4 Å². The minimum absolute atomic E-state index is 0.0197. The Morgan fingerprint density at radius 2 is 2.03 bits per heavy atom. The first-order chi connectivity index (χ1) is 13.6. The van der Waals surface area contributed by atoms with Crippen LogP contribution in [-0.4, -0.2) is 59.7 Å². The van der Waals surface area contributed by atoms with Crippen LogP contribution in [0.25, 0.3) is 0 Å². The highest BCUT2D eigenvalue weighted by Gasteiger charge is 2.53. The molecule has 1 aromatic carbocycles. The number of alkyl halides is 3. The maximum Gasteiger partial charge on any atom is 0.573 e. The number of hydrogen-bond acceptors (Lipinski definition) is 4. The van der Waals surface area contributed by atoms with E-state index in [4.69, 9.17) is 4.74 Å². The van der Waals surface area contributed by atoms with Gasteiger partial charge in [0.05, 0.1) is 18.7 Å². The van der Waals surface area contributed by atoms with Gasteiger partial charge in [-0.1, -0.05) is 6.07 Å². The van der Waals surface area contributed by atoms with Gasteiger partial charge in [-0.25, -0.2) is 14.0 Å². The lowest BCUT2D eigenvalue weighted by Crippen LogP contribution is -2.49. The molecule has 1 heterocycles. The normalized spacial score (nSPS) is 20.3. The molecule has 1 N–H and O–H groups in total. The fourth-order valence-electron chi connectivity index (χ4n) is 3.85. The Morgan fingerprint density at radius 3 is 2.59 bits per heavy atom. The molecule has 1 aliphatic heterocycles. The largest absolute Gasteiger partial charge is 0.573 e. The van der Waals surface area contributed by atoms with Crippen molar-refractivity contribution < 1.29 is 41.7 Å². The van der Waals surface area contributed by atoms with Crippen molar-refractivity contribution in [1.29, 1.82) is 0 Å². The Morgan fingerprint density at radius 1 is 1.34 bits per heavy atom. The molecule has 3 rings (SSSR count). The molecule has 1 atom stereocenters. The molecular weight excluding hydrogens is 400 g/mol. The molecule has 160 valence electrons. The van der Waals surface area contributed by atoms with Crippen molar-refractivity contribution in [3.05, 3.63) is 29.6 Å². The number of rotatable bonds is 5. The molecule has 1 aromatic rings. The summed E-state index contributed by atoms with van der Waals surface area (Å²) in [5, 5.41) is 9.33. The quantitative estimate of drug-likeness (QED) is 0.731. The second-order valence-corrected chi connectivity index (χ2v) is 7.08. The molecule has 11 heteroatoms. The van der Waals surface area contributed by atoms with Crippen LogP contribution >= 0.6 is 0 Å². The first-order valence-corrected chi connectivity index (χ1v) is 8.98. The lowest BCUT2D eigenvalue weighted by molar-refractivity contribution is -0.275.